The summed E-state index contributed by atoms with van der Waals surface area (Å²) in [5.41, 5.74) is -0.374. The van der Waals surface area contributed by atoms with Crippen molar-refractivity contribution in [1.29, 1.82) is 0 Å². The maximum atomic E-state index is 11.3. The molecule has 1 aliphatic heterocycles. The Labute approximate surface area is 92.1 Å². The molecular formula is C12H21O3. The highest BCUT2D eigenvalue weighted by atomic mass is 16.6. The Morgan fingerprint density at radius 1 is 1.53 bits per heavy atom. The predicted octanol–water partition coefficient (Wildman–Crippen LogP) is 2.49. The largest absolute Gasteiger partial charge is 0.460 e. The third kappa shape index (κ3) is 5.78. The molecule has 0 aliphatic carbocycles. The molecule has 15 heavy (non-hydrogen) atoms. The third-order valence-electron chi connectivity index (χ3n) is 2.16. The zero-order valence-electron chi connectivity index (χ0n) is 9.91. The van der Waals surface area contributed by atoms with Crippen LogP contribution in [0.4, 0.5) is 0 Å². The highest BCUT2D eigenvalue weighted by Crippen LogP contribution is 2.17. The van der Waals surface area contributed by atoms with Crippen LogP contribution in [-0.2, 0) is 14.3 Å². The maximum Gasteiger partial charge on any atom is 0.306 e. The van der Waals surface area contributed by atoms with Gasteiger partial charge in [0.15, 0.2) is 0 Å². The van der Waals surface area contributed by atoms with Gasteiger partial charge >= 0.3 is 5.97 Å². The quantitative estimate of drug-likeness (QED) is 0.673. The van der Waals surface area contributed by atoms with E-state index in [1.165, 1.54) is 0 Å². The van der Waals surface area contributed by atoms with Gasteiger partial charge in [-0.15, -0.1) is 0 Å². The minimum Gasteiger partial charge on any atom is -0.460 e. The minimum atomic E-state index is -0.374. The first-order chi connectivity index (χ1) is 6.97. The fourth-order valence-electron chi connectivity index (χ4n) is 1.57. The first kappa shape index (κ1) is 12.5. The second-order valence-corrected chi connectivity index (χ2v) is 4.91. The smallest absolute Gasteiger partial charge is 0.306 e. The van der Waals surface area contributed by atoms with E-state index in [4.69, 9.17) is 9.47 Å². The summed E-state index contributed by atoms with van der Waals surface area (Å²) in [6, 6.07) is 0. The monoisotopic (exact) mass is 213 g/mol. The van der Waals surface area contributed by atoms with Crippen molar-refractivity contribution in [2.75, 3.05) is 6.61 Å². The van der Waals surface area contributed by atoms with E-state index in [0.717, 1.165) is 25.9 Å². The molecule has 3 nitrogen and oxygen atoms in total. The molecule has 87 valence electrons. The van der Waals surface area contributed by atoms with Crippen molar-refractivity contribution in [3.63, 3.8) is 0 Å². The Hall–Kier alpha value is -0.570. The summed E-state index contributed by atoms with van der Waals surface area (Å²) >= 11 is 0. The summed E-state index contributed by atoms with van der Waals surface area (Å²) < 4.78 is 10.6. The molecule has 0 spiro atoms. The number of carbonyl (C=O) groups is 1. The van der Waals surface area contributed by atoms with Gasteiger partial charge in [0.2, 0.25) is 0 Å². The Morgan fingerprint density at radius 3 is 2.80 bits per heavy atom. The van der Waals surface area contributed by atoms with E-state index < -0.39 is 0 Å². The molecule has 1 heterocycles. The van der Waals surface area contributed by atoms with Gasteiger partial charge in [-0.3, -0.25) is 4.79 Å². The SMILES string of the molecule is CC(C)(C)OC(=O)CC[CH][C@@H]1CCCO1. The van der Waals surface area contributed by atoms with Crippen LogP contribution in [0.3, 0.4) is 0 Å². The molecule has 0 unspecified atom stereocenters. The lowest BCUT2D eigenvalue weighted by molar-refractivity contribution is -0.154. The summed E-state index contributed by atoms with van der Waals surface area (Å²) in [6.07, 6.45) is 5.77. The minimum absolute atomic E-state index is 0.128. The van der Waals surface area contributed by atoms with Gasteiger partial charge in [0.05, 0.1) is 6.10 Å². The van der Waals surface area contributed by atoms with Crippen molar-refractivity contribution in [3.8, 4) is 0 Å². The van der Waals surface area contributed by atoms with Crippen LogP contribution >= 0.6 is 0 Å². The molecule has 1 atom stereocenters. The van der Waals surface area contributed by atoms with Crippen molar-refractivity contribution < 1.29 is 14.3 Å². The maximum absolute atomic E-state index is 11.3. The van der Waals surface area contributed by atoms with E-state index in [0.29, 0.717) is 6.42 Å². The molecule has 1 saturated heterocycles. The van der Waals surface area contributed by atoms with Crippen molar-refractivity contribution in [1.82, 2.24) is 0 Å². The summed E-state index contributed by atoms with van der Waals surface area (Å²) in [5, 5.41) is 0. The summed E-state index contributed by atoms with van der Waals surface area (Å²) in [4.78, 5) is 11.3. The van der Waals surface area contributed by atoms with Gasteiger partial charge in [-0.05, 0) is 46.5 Å². The van der Waals surface area contributed by atoms with E-state index in [1.54, 1.807) is 0 Å². The van der Waals surface area contributed by atoms with Gasteiger partial charge in [-0.2, -0.15) is 0 Å². The number of esters is 1. The lowest BCUT2D eigenvalue weighted by Gasteiger charge is -2.19. The zero-order valence-corrected chi connectivity index (χ0v) is 9.91. The van der Waals surface area contributed by atoms with E-state index in [-0.39, 0.29) is 17.7 Å². The molecule has 0 aromatic rings. The average molecular weight is 213 g/mol. The molecule has 0 aromatic heterocycles. The van der Waals surface area contributed by atoms with Crippen LogP contribution in [0, 0.1) is 6.42 Å². The second-order valence-electron chi connectivity index (χ2n) is 4.91. The number of hydrogen-bond donors (Lipinski definition) is 0. The Kier molecular flexibility index (Phi) is 4.58. The second kappa shape index (κ2) is 5.50. The number of rotatable bonds is 4. The molecule has 0 saturated carbocycles. The molecule has 0 N–H and O–H groups in total. The number of hydrogen-bond acceptors (Lipinski definition) is 3. The fraction of sp³-hybridized carbons (Fsp3) is 0.833. The zero-order chi connectivity index (χ0) is 11.3. The van der Waals surface area contributed by atoms with Crippen LogP contribution in [0.15, 0.2) is 0 Å². The molecule has 1 rings (SSSR count). The average Bonchev–Trinajstić information content (AvgIpc) is 2.53. The van der Waals surface area contributed by atoms with Gasteiger partial charge in [0.25, 0.3) is 0 Å². The standard InChI is InChI=1S/C12H21O3/c1-12(2,3)15-11(13)8-4-6-10-7-5-9-14-10/h6,10H,4-5,7-9H2,1-3H3/t10-/m1/s1. The van der Waals surface area contributed by atoms with Crippen molar-refractivity contribution >= 4 is 5.97 Å². The van der Waals surface area contributed by atoms with Gasteiger partial charge in [-0.1, -0.05) is 0 Å². The van der Waals surface area contributed by atoms with Crippen LogP contribution in [0.2, 0.25) is 0 Å². The van der Waals surface area contributed by atoms with E-state index in [1.807, 2.05) is 20.8 Å². The van der Waals surface area contributed by atoms with Crippen LogP contribution < -0.4 is 0 Å². The normalized spacial score (nSPS) is 21.7. The van der Waals surface area contributed by atoms with Crippen molar-refractivity contribution in [2.24, 2.45) is 0 Å². The molecule has 0 amide bonds. The van der Waals surface area contributed by atoms with E-state index >= 15 is 0 Å². The topological polar surface area (TPSA) is 35.5 Å². The third-order valence-corrected chi connectivity index (χ3v) is 2.16. The molecule has 0 bridgehead atoms. The molecule has 1 radical (unpaired) electrons. The van der Waals surface area contributed by atoms with Gasteiger partial charge in [0.1, 0.15) is 5.60 Å². The number of carbonyl (C=O) groups excluding carboxylic acids is 1. The van der Waals surface area contributed by atoms with Crippen LogP contribution in [-0.4, -0.2) is 24.3 Å². The number of ether oxygens (including phenoxy) is 2. The van der Waals surface area contributed by atoms with Crippen LogP contribution in [0.25, 0.3) is 0 Å². The van der Waals surface area contributed by atoms with Gasteiger partial charge in [0, 0.05) is 13.0 Å². The highest BCUT2D eigenvalue weighted by Gasteiger charge is 2.18. The van der Waals surface area contributed by atoms with E-state index in [9.17, 15) is 4.79 Å². The fourth-order valence-corrected chi connectivity index (χ4v) is 1.57. The first-order valence-corrected chi connectivity index (χ1v) is 5.64. The van der Waals surface area contributed by atoms with Crippen molar-refractivity contribution in [3.05, 3.63) is 6.42 Å². The van der Waals surface area contributed by atoms with E-state index in [2.05, 4.69) is 6.42 Å². The van der Waals surface area contributed by atoms with Crippen LogP contribution in [0.1, 0.15) is 46.5 Å². The molecule has 0 aromatic carbocycles. The molecule has 1 aliphatic rings. The summed E-state index contributed by atoms with van der Waals surface area (Å²) in [7, 11) is 0. The highest BCUT2D eigenvalue weighted by molar-refractivity contribution is 5.69. The predicted molar refractivity (Wildman–Crippen MR) is 58.4 cm³/mol. The van der Waals surface area contributed by atoms with Gasteiger partial charge < -0.3 is 9.47 Å². The van der Waals surface area contributed by atoms with Crippen molar-refractivity contribution in [2.45, 2.75) is 58.2 Å². The summed E-state index contributed by atoms with van der Waals surface area (Å²) in [6.45, 7) is 6.51. The Morgan fingerprint density at radius 2 is 2.27 bits per heavy atom. The lowest BCUT2D eigenvalue weighted by Crippen LogP contribution is -2.23. The molecule has 1 fully saturated rings. The first-order valence-electron chi connectivity index (χ1n) is 5.64. The van der Waals surface area contributed by atoms with Crippen LogP contribution in [0.5, 0.6) is 0 Å². The Balaban J connectivity index is 2.06. The summed E-state index contributed by atoms with van der Waals surface area (Å²) in [5.74, 6) is -0.128. The molecule has 3 heteroatoms. The lowest BCUT2D eigenvalue weighted by atomic mass is 10.1. The van der Waals surface area contributed by atoms with Gasteiger partial charge in [-0.25, -0.2) is 0 Å². The Bertz CT molecular complexity index is 199. The molecular weight excluding hydrogens is 192 g/mol.